The topological polar surface area (TPSA) is 64.3 Å². The summed E-state index contributed by atoms with van der Waals surface area (Å²) in [5.41, 5.74) is 7.39. The van der Waals surface area contributed by atoms with E-state index in [0.29, 0.717) is 11.8 Å². The number of nitrogens with two attached hydrogens (primary N) is 1. The summed E-state index contributed by atoms with van der Waals surface area (Å²) in [6, 6.07) is 7.23. The van der Waals surface area contributed by atoms with Crippen molar-refractivity contribution in [1.29, 1.82) is 0 Å². The molecule has 2 N–H and O–H groups in total. The van der Waals surface area contributed by atoms with Crippen molar-refractivity contribution in [2.75, 3.05) is 24.7 Å². The Morgan fingerprint density at radius 2 is 2.00 bits per heavy atom. The van der Waals surface area contributed by atoms with Crippen molar-refractivity contribution < 1.29 is 4.74 Å². The molecule has 94 valence electrons. The molecule has 0 aliphatic carbocycles. The first-order valence-corrected chi connectivity index (χ1v) is 5.60. The molecule has 2 rings (SSSR count). The molecule has 2 aromatic rings. The van der Waals surface area contributed by atoms with E-state index in [4.69, 9.17) is 10.5 Å². The summed E-state index contributed by atoms with van der Waals surface area (Å²) in [6.45, 7) is 1.94. The first-order chi connectivity index (χ1) is 8.56. The van der Waals surface area contributed by atoms with Crippen LogP contribution in [0.3, 0.4) is 0 Å². The summed E-state index contributed by atoms with van der Waals surface area (Å²) in [5, 5.41) is 0. The standard InChI is InChI=1S/C13H16N4O/c1-9-8-10(14)4-5-11(9)18-12-6-7-15-13(16-12)17(2)3/h4-8H,14H2,1-3H3. The molecule has 0 spiro atoms. The van der Waals surface area contributed by atoms with E-state index in [0.717, 1.165) is 17.0 Å². The number of hydrogen-bond acceptors (Lipinski definition) is 5. The number of rotatable bonds is 3. The van der Waals surface area contributed by atoms with Gasteiger partial charge in [-0.25, -0.2) is 4.98 Å². The zero-order valence-electron chi connectivity index (χ0n) is 10.7. The number of nitrogen functional groups attached to an aromatic ring is 1. The van der Waals surface area contributed by atoms with Gasteiger partial charge in [0.1, 0.15) is 5.75 Å². The number of nitrogens with zero attached hydrogens (tertiary/aromatic N) is 3. The first kappa shape index (κ1) is 12.2. The predicted octanol–water partition coefficient (Wildman–Crippen LogP) is 2.23. The van der Waals surface area contributed by atoms with Crippen molar-refractivity contribution in [2.24, 2.45) is 0 Å². The quantitative estimate of drug-likeness (QED) is 0.839. The van der Waals surface area contributed by atoms with Gasteiger partial charge in [-0.1, -0.05) is 0 Å². The summed E-state index contributed by atoms with van der Waals surface area (Å²) in [4.78, 5) is 10.2. The highest BCUT2D eigenvalue weighted by Crippen LogP contribution is 2.25. The third-order valence-electron chi connectivity index (χ3n) is 2.43. The molecule has 0 aliphatic rings. The van der Waals surface area contributed by atoms with Crippen LogP contribution in [0.1, 0.15) is 5.56 Å². The minimum atomic E-state index is 0.515. The molecule has 0 saturated carbocycles. The molecule has 0 fully saturated rings. The maximum atomic E-state index is 5.72. The minimum absolute atomic E-state index is 0.515. The van der Waals surface area contributed by atoms with Gasteiger partial charge in [0.15, 0.2) is 0 Å². The first-order valence-electron chi connectivity index (χ1n) is 5.60. The molecule has 1 aromatic carbocycles. The SMILES string of the molecule is Cc1cc(N)ccc1Oc1ccnc(N(C)C)n1. The molecule has 5 heteroatoms. The Hall–Kier alpha value is -2.30. The number of benzene rings is 1. The van der Waals surface area contributed by atoms with Gasteiger partial charge in [-0.05, 0) is 30.7 Å². The fraction of sp³-hybridized carbons (Fsp3) is 0.231. The van der Waals surface area contributed by atoms with Gasteiger partial charge < -0.3 is 15.4 Å². The second kappa shape index (κ2) is 4.91. The van der Waals surface area contributed by atoms with Crippen LogP contribution < -0.4 is 15.4 Å². The van der Waals surface area contributed by atoms with E-state index in [1.54, 1.807) is 18.3 Å². The van der Waals surface area contributed by atoms with Gasteiger partial charge in [0, 0.05) is 32.0 Å². The molecule has 1 heterocycles. The number of aryl methyl sites for hydroxylation is 1. The normalized spacial score (nSPS) is 10.2. The van der Waals surface area contributed by atoms with Gasteiger partial charge in [0.25, 0.3) is 0 Å². The lowest BCUT2D eigenvalue weighted by atomic mass is 10.2. The van der Waals surface area contributed by atoms with Crippen molar-refractivity contribution in [3.8, 4) is 11.6 Å². The maximum absolute atomic E-state index is 5.72. The molecule has 1 aromatic heterocycles. The lowest BCUT2D eigenvalue weighted by Crippen LogP contribution is -2.12. The Morgan fingerprint density at radius 1 is 1.22 bits per heavy atom. The predicted molar refractivity (Wildman–Crippen MR) is 72.0 cm³/mol. The van der Waals surface area contributed by atoms with E-state index >= 15 is 0 Å². The number of anilines is 2. The lowest BCUT2D eigenvalue weighted by molar-refractivity contribution is 0.458. The van der Waals surface area contributed by atoms with Crippen LogP contribution >= 0.6 is 0 Å². The van der Waals surface area contributed by atoms with Crippen molar-refractivity contribution >= 4 is 11.6 Å². The average molecular weight is 244 g/mol. The van der Waals surface area contributed by atoms with Crippen molar-refractivity contribution in [2.45, 2.75) is 6.92 Å². The van der Waals surface area contributed by atoms with Gasteiger partial charge in [0.05, 0.1) is 0 Å². The van der Waals surface area contributed by atoms with Crippen LogP contribution in [0.15, 0.2) is 30.5 Å². The van der Waals surface area contributed by atoms with E-state index in [1.807, 2.05) is 38.1 Å². The van der Waals surface area contributed by atoms with Gasteiger partial charge in [-0.15, -0.1) is 0 Å². The Bertz CT molecular complexity index is 554. The molecule has 0 aliphatic heterocycles. The highest BCUT2D eigenvalue weighted by atomic mass is 16.5. The van der Waals surface area contributed by atoms with E-state index in [2.05, 4.69) is 9.97 Å². The van der Waals surface area contributed by atoms with Crippen LogP contribution in [0.5, 0.6) is 11.6 Å². The van der Waals surface area contributed by atoms with E-state index in [-0.39, 0.29) is 0 Å². The van der Waals surface area contributed by atoms with E-state index in [1.165, 1.54) is 0 Å². The smallest absolute Gasteiger partial charge is 0.228 e. The Balaban J connectivity index is 2.25. The van der Waals surface area contributed by atoms with Crippen LogP contribution in [-0.4, -0.2) is 24.1 Å². The summed E-state index contributed by atoms with van der Waals surface area (Å²) in [5.74, 6) is 1.87. The molecule has 0 amide bonds. The van der Waals surface area contributed by atoms with Crippen LogP contribution in [0.4, 0.5) is 11.6 Å². The number of aromatic nitrogens is 2. The van der Waals surface area contributed by atoms with E-state index < -0.39 is 0 Å². The van der Waals surface area contributed by atoms with Crippen LogP contribution in [0.25, 0.3) is 0 Å². The molecular formula is C13H16N4O. The summed E-state index contributed by atoms with van der Waals surface area (Å²) in [7, 11) is 3.77. The zero-order chi connectivity index (χ0) is 13.1. The zero-order valence-corrected chi connectivity index (χ0v) is 10.7. The van der Waals surface area contributed by atoms with Crippen molar-refractivity contribution in [1.82, 2.24) is 9.97 Å². The second-order valence-electron chi connectivity index (χ2n) is 4.22. The molecule has 0 bridgehead atoms. The molecule has 0 saturated heterocycles. The lowest BCUT2D eigenvalue weighted by Gasteiger charge is -2.12. The van der Waals surface area contributed by atoms with Gasteiger partial charge >= 0.3 is 0 Å². The fourth-order valence-electron chi connectivity index (χ4n) is 1.50. The minimum Gasteiger partial charge on any atom is -0.439 e. The largest absolute Gasteiger partial charge is 0.439 e. The Morgan fingerprint density at radius 3 is 2.67 bits per heavy atom. The van der Waals surface area contributed by atoms with Crippen LogP contribution in [-0.2, 0) is 0 Å². The molecule has 0 radical (unpaired) electrons. The van der Waals surface area contributed by atoms with Crippen LogP contribution in [0, 0.1) is 6.92 Å². The molecule has 0 unspecified atom stereocenters. The highest BCUT2D eigenvalue weighted by molar-refractivity contribution is 5.48. The number of ether oxygens (including phenoxy) is 1. The maximum Gasteiger partial charge on any atom is 0.228 e. The summed E-state index contributed by atoms with van der Waals surface area (Å²) < 4.78 is 5.72. The second-order valence-corrected chi connectivity index (χ2v) is 4.22. The Labute approximate surface area is 106 Å². The third kappa shape index (κ3) is 2.68. The summed E-state index contributed by atoms with van der Waals surface area (Å²) in [6.07, 6.45) is 1.67. The van der Waals surface area contributed by atoms with Crippen LogP contribution in [0.2, 0.25) is 0 Å². The van der Waals surface area contributed by atoms with Gasteiger partial charge in [-0.2, -0.15) is 4.98 Å². The van der Waals surface area contributed by atoms with Gasteiger partial charge in [0.2, 0.25) is 11.8 Å². The Kier molecular flexibility index (Phi) is 3.32. The summed E-state index contributed by atoms with van der Waals surface area (Å²) >= 11 is 0. The highest BCUT2D eigenvalue weighted by Gasteiger charge is 2.05. The molecule has 0 atom stereocenters. The molecule has 18 heavy (non-hydrogen) atoms. The molecular weight excluding hydrogens is 228 g/mol. The van der Waals surface area contributed by atoms with E-state index in [9.17, 15) is 0 Å². The molecule has 5 nitrogen and oxygen atoms in total. The van der Waals surface area contributed by atoms with Gasteiger partial charge in [-0.3, -0.25) is 0 Å². The van der Waals surface area contributed by atoms with Crippen molar-refractivity contribution in [3.05, 3.63) is 36.0 Å². The van der Waals surface area contributed by atoms with Crippen molar-refractivity contribution in [3.63, 3.8) is 0 Å². The monoisotopic (exact) mass is 244 g/mol. The fourth-order valence-corrected chi connectivity index (χ4v) is 1.50. The number of hydrogen-bond donors (Lipinski definition) is 1. The average Bonchev–Trinajstić information content (AvgIpc) is 2.33. The third-order valence-corrected chi connectivity index (χ3v) is 2.43.